The molecule has 37 heavy (non-hydrogen) atoms. The van der Waals surface area contributed by atoms with Gasteiger partial charge in [0, 0.05) is 56.4 Å². The Labute approximate surface area is 215 Å². The Morgan fingerprint density at radius 2 is 1.89 bits per heavy atom. The van der Waals surface area contributed by atoms with Gasteiger partial charge in [-0.05, 0) is 49.1 Å². The summed E-state index contributed by atoms with van der Waals surface area (Å²) in [4.78, 5) is 48.3. The Morgan fingerprint density at radius 3 is 2.49 bits per heavy atom. The first-order valence-corrected chi connectivity index (χ1v) is 13.0. The summed E-state index contributed by atoms with van der Waals surface area (Å²) in [5.74, 6) is -1.18. The second-order valence-corrected chi connectivity index (χ2v) is 10.4. The number of fused-ring (bicyclic) bond motifs is 1. The Kier molecular flexibility index (Phi) is 8.00. The van der Waals surface area contributed by atoms with Crippen LogP contribution in [-0.2, 0) is 9.59 Å². The number of nitrogens with one attached hydrogen (secondary N) is 1. The molecular weight excluding hydrogens is 511 g/mol. The molecule has 0 bridgehead atoms. The number of amides is 2. The maximum absolute atomic E-state index is 13.5. The van der Waals surface area contributed by atoms with Gasteiger partial charge in [-0.15, -0.1) is 0 Å². The highest BCUT2D eigenvalue weighted by Gasteiger charge is 2.54. The molecule has 2 aromatic rings. The van der Waals surface area contributed by atoms with E-state index in [4.69, 9.17) is 9.90 Å². The van der Waals surface area contributed by atoms with Crippen molar-refractivity contribution in [2.75, 3.05) is 37.6 Å². The fraction of sp³-hybridized carbons (Fsp3) is 0.542. The quantitative estimate of drug-likeness (QED) is 0.600. The Balaban J connectivity index is 0.000000405. The van der Waals surface area contributed by atoms with Crippen LogP contribution in [0.2, 0.25) is 0 Å². The third-order valence-electron chi connectivity index (χ3n) is 7.02. The standard InChI is InChI=1S/C22H27N5O2S.C2HF3O2/c28-19(17-5-10-30-14-17)26-9-1-6-22(20(29)25-11-16-3-4-16)15-27(13-18(22)12-26)21-23-7-2-8-24-21;3-2(4,5)1(6)7/h2,5,7-8,10,14,16,18H,1,3-4,6,9,11-13,15H2,(H,25,29);(H,6,7)/t18-,22-;/m0./s1. The van der Waals surface area contributed by atoms with Gasteiger partial charge in [-0.1, -0.05) is 0 Å². The summed E-state index contributed by atoms with van der Waals surface area (Å²) in [5, 5.41) is 14.2. The highest BCUT2D eigenvalue weighted by Crippen LogP contribution is 2.44. The highest BCUT2D eigenvalue weighted by atomic mass is 32.1. The van der Waals surface area contributed by atoms with E-state index in [2.05, 4.69) is 20.2 Å². The van der Waals surface area contributed by atoms with Gasteiger partial charge in [-0.25, -0.2) is 14.8 Å². The van der Waals surface area contributed by atoms with Gasteiger partial charge in [-0.3, -0.25) is 9.59 Å². The first-order valence-electron chi connectivity index (χ1n) is 12.0. The molecule has 0 radical (unpaired) electrons. The minimum Gasteiger partial charge on any atom is -0.475 e. The lowest BCUT2D eigenvalue weighted by molar-refractivity contribution is -0.192. The number of carbonyl (C=O) groups excluding carboxylic acids is 2. The Morgan fingerprint density at radius 1 is 1.19 bits per heavy atom. The van der Waals surface area contributed by atoms with Crippen LogP contribution >= 0.6 is 11.3 Å². The Hall–Kier alpha value is -3.22. The molecule has 0 unspecified atom stereocenters. The molecule has 2 atom stereocenters. The Bertz CT molecular complexity index is 1100. The molecule has 9 nitrogen and oxygen atoms in total. The van der Waals surface area contributed by atoms with Crippen LogP contribution in [0, 0.1) is 17.3 Å². The maximum Gasteiger partial charge on any atom is 0.490 e. The SMILES string of the molecule is O=C(O)C(F)(F)F.O=C(c1ccsc1)N1CCC[C@]2(C(=O)NCC3CC3)CN(c3ncccn3)C[C@@H]2C1. The number of hydrogen-bond acceptors (Lipinski definition) is 7. The van der Waals surface area contributed by atoms with E-state index in [0.29, 0.717) is 38.0 Å². The van der Waals surface area contributed by atoms with Crippen molar-refractivity contribution in [1.82, 2.24) is 20.2 Å². The van der Waals surface area contributed by atoms with E-state index < -0.39 is 17.6 Å². The number of likely N-dealkylation sites (tertiary alicyclic amines) is 1. The van der Waals surface area contributed by atoms with Crippen molar-refractivity contribution in [2.24, 2.45) is 17.3 Å². The average Bonchev–Trinajstić information content (AvgIpc) is 3.46. The van der Waals surface area contributed by atoms with E-state index in [9.17, 15) is 22.8 Å². The summed E-state index contributed by atoms with van der Waals surface area (Å²) in [7, 11) is 0. The van der Waals surface area contributed by atoms with E-state index in [1.807, 2.05) is 21.7 Å². The number of thiophene rings is 1. The number of carbonyl (C=O) groups is 3. The van der Waals surface area contributed by atoms with Gasteiger partial charge in [0.25, 0.3) is 5.91 Å². The molecule has 0 aromatic carbocycles. The van der Waals surface area contributed by atoms with Crippen LogP contribution in [0.1, 0.15) is 36.0 Å². The number of aromatic nitrogens is 2. The molecule has 5 rings (SSSR count). The van der Waals surface area contributed by atoms with Crippen LogP contribution in [0.25, 0.3) is 0 Å². The lowest BCUT2D eigenvalue weighted by atomic mass is 9.74. The zero-order valence-electron chi connectivity index (χ0n) is 20.0. The van der Waals surface area contributed by atoms with Gasteiger partial charge in [0.15, 0.2) is 0 Å². The predicted molar refractivity (Wildman–Crippen MR) is 129 cm³/mol. The first-order chi connectivity index (χ1) is 17.6. The third-order valence-corrected chi connectivity index (χ3v) is 7.70. The minimum absolute atomic E-state index is 0.0607. The smallest absolute Gasteiger partial charge is 0.475 e. The van der Waals surface area contributed by atoms with E-state index in [1.165, 1.54) is 24.2 Å². The molecule has 4 heterocycles. The molecule has 200 valence electrons. The van der Waals surface area contributed by atoms with Crippen molar-refractivity contribution in [3.05, 3.63) is 40.8 Å². The lowest BCUT2D eigenvalue weighted by Crippen LogP contribution is -2.48. The van der Waals surface area contributed by atoms with Crippen LogP contribution in [-0.4, -0.2) is 76.7 Å². The van der Waals surface area contributed by atoms with Crippen LogP contribution in [0.3, 0.4) is 0 Å². The fourth-order valence-corrected chi connectivity index (χ4v) is 5.53. The number of aliphatic carboxylic acids is 1. The zero-order chi connectivity index (χ0) is 26.6. The number of alkyl halides is 3. The van der Waals surface area contributed by atoms with E-state index in [0.717, 1.165) is 24.9 Å². The van der Waals surface area contributed by atoms with Gasteiger partial charge in [-0.2, -0.15) is 24.5 Å². The maximum atomic E-state index is 13.5. The van der Waals surface area contributed by atoms with E-state index >= 15 is 0 Å². The van der Waals surface area contributed by atoms with Gasteiger partial charge in [0.2, 0.25) is 11.9 Å². The van der Waals surface area contributed by atoms with Crippen LogP contribution in [0.4, 0.5) is 19.1 Å². The summed E-state index contributed by atoms with van der Waals surface area (Å²) in [6, 6.07) is 3.68. The average molecular weight is 540 g/mol. The highest BCUT2D eigenvalue weighted by molar-refractivity contribution is 7.08. The number of halogens is 3. The van der Waals surface area contributed by atoms with Crippen molar-refractivity contribution in [1.29, 1.82) is 0 Å². The molecule has 0 spiro atoms. The number of carboxylic acids is 1. The van der Waals surface area contributed by atoms with Crippen molar-refractivity contribution < 1.29 is 32.7 Å². The summed E-state index contributed by atoms with van der Waals surface area (Å²) >= 11 is 1.54. The molecule has 1 saturated carbocycles. The molecule has 2 amide bonds. The topological polar surface area (TPSA) is 116 Å². The van der Waals surface area contributed by atoms with Crippen molar-refractivity contribution in [2.45, 2.75) is 31.9 Å². The number of nitrogens with zero attached hydrogens (tertiary/aromatic N) is 4. The second-order valence-electron chi connectivity index (χ2n) is 9.61. The normalized spacial score (nSPS) is 23.4. The monoisotopic (exact) mass is 539 g/mol. The van der Waals surface area contributed by atoms with Crippen molar-refractivity contribution in [3.63, 3.8) is 0 Å². The summed E-state index contributed by atoms with van der Waals surface area (Å²) in [5.41, 5.74) is 0.240. The number of hydrogen-bond donors (Lipinski definition) is 2. The lowest BCUT2D eigenvalue weighted by Gasteiger charge is -2.32. The molecule has 2 aromatic heterocycles. The van der Waals surface area contributed by atoms with E-state index in [1.54, 1.807) is 18.5 Å². The molecule has 3 fully saturated rings. The van der Waals surface area contributed by atoms with Crippen LogP contribution in [0.15, 0.2) is 35.3 Å². The van der Waals surface area contributed by atoms with Gasteiger partial charge < -0.3 is 20.2 Å². The van der Waals surface area contributed by atoms with Gasteiger partial charge in [0.05, 0.1) is 11.0 Å². The van der Waals surface area contributed by atoms with E-state index in [-0.39, 0.29) is 17.7 Å². The molecule has 3 aliphatic rings. The fourth-order valence-electron chi connectivity index (χ4n) is 4.90. The molecule has 13 heteroatoms. The second kappa shape index (κ2) is 11.0. The largest absolute Gasteiger partial charge is 0.490 e. The molecule has 2 saturated heterocycles. The summed E-state index contributed by atoms with van der Waals surface area (Å²) in [6.45, 7) is 3.36. The van der Waals surface area contributed by atoms with Gasteiger partial charge in [0.1, 0.15) is 0 Å². The predicted octanol–water partition coefficient (Wildman–Crippen LogP) is 3.06. The third kappa shape index (κ3) is 6.38. The summed E-state index contributed by atoms with van der Waals surface area (Å²) in [6.07, 6.45) is 2.43. The van der Waals surface area contributed by atoms with Gasteiger partial charge >= 0.3 is 12.1 Å². The van der Waals surface area contributed by atoms with Crippen LogP contribution < -0.4 is 10.2 Å². The summed E-state index contributed by atoms with van der Waals surface area (Å²) < 4.78 is 31.7. The van der Waals surface area contributed by atoms with Crippen molar-refractivity contribution in [3.8, 4) is 0 Å². The van der Waals surface area contributed by atoms with Crippen molar-refractivity contribution >= 4 is 35.1 Å². The minimum atomic E-state index is -5.08. The molecule has 1 aliphatic carbocycles. The molecule has 2 N–H and O–H groups in total. The molecule has 2 aliphatic heterocycles. The number of rotatable bonds is 5. The number of anilines is 1. The molecular formula is C24H28F3N5O4S. The first kappa shape index (κ1) is 26.8. The van der Waals surface area contributed by atoms with Crippen LogP contribution in [0.5, 0.6) is 0 Å². The zero-order valence-corrected chi connectivity index (χ0v) is 20.8. The number of carboxylic acid groups (broad SMARTS) is 1.